The molecule has 3 aromatic heterocycles. The summed E-state index contributed by atoms with van der Waals surface area (Å²) in [5.41, 5.74) is 2.11. The lowest BCUT2D eigenvalue weighted by molar-refractivity contribution is -0.159. The number of halogens is 3. The zero-order valence-corrected chi connectivity index (χ0v) is 17.5. The molecular formula is C20H21F3N6O3. The number of alkyl halides is 3. The highest BCUT2D eigenvalue weighted by Gasteiger charge is 2.38. The maximum Gasteiger partial charge on any atom is 0.471 e. The number of rotatable bonds is 5. The maximum absolute atomic E-state index is 12.6. The van der Waals surface area contributed by atoms with Crippen LogP contribution in [0.3, 0.4) is 0 Å². The van der Waals surface area contributed by atoms with Crippen molar-refractivity contribution in [1.29, 1.82) is 0 Å². The molecule has 0 saturated carbocycles. The monoisotopic (exact) mass is 450 g/mol. The van der Waals surface area contributed by atoms with E-state index in [-0.39, 0.29) is 11.7 Å². The SMILES string of the molecule is Cc1noc(C)c1CCC(=O)N1CCN(c2ccc(-c3noc(C(F)(F)F)n3)cn2)CC1. The van der Waals surface area contributed by atoms with Crippen molar-refractivity contribution in [2.75, 3.05) is 31.1 Å². The molecular weight excluding hydrogens is 429 g/mol. The van der Waals surface area contributed by atoms with Crippen molar-refractivity contribution >= 4 is 11.7 Å². The van der Waals surface area contributed by atoms with Gasteiger partial charge in [0.2, 0.25) is 11.7 Å². The van der Waals surface area contributed by atoms with Gasteiger partial charge in [0, 0.05) is 49.9 Å². The van der Waals surface area contributed by atoms with E-state index >= 15 is 0 Å². The van der Waals surface area contributed by atoms with E-state index in [1.807, 2.05) is 23.6 Å². The van der Waals surface area contributed by atoms with Gasteiger partial charge in [0.25, 0.3) is 0 Å². The Morgan fingerprint density at radius 1 is 1.09 bits per heavy atom. The fraction of sp³-hybridized carbons (Fsp3) is 0.450. The Kier molecular flexibility index (Phi) is 5.85. The van der Waals surface area contributed by atoms with Gasteiger partial charge in [-0.2, -0.15) is 18.2 Å². The smallest absolute Gasteiger partial charge is 0.361 e. The van der Waals surface area contributed by atoms with E-state index in [2.05, 4.69) is 24.8 Å². The minimum atomic E-state index is -4.69. The predicted molar refractivity (Wildman–Crippen MR) is 106 cm³/mol. The Morgan fingerprint density at radius 2 is 1.84 bits per heavy atom. The molecule has 0 aromatic carbocycles. The Bertz CT molecular complexity index is 1070. The Labute approximate surface area is 181 Å². The lowest BCUT2D eigenvalue weighted by Crippen LogP contribution is -2.49. The van der Waals surface area contributed by atoms with Crippen LogP contribution >= 0.6 is 0 Å². The summed E-state index contributed by atoms with van der Waals surface area (Å²) in [6, 6.07) is 3.28. The molecule has 0 radical (unpaired) electrons. The number of anilines is 1. The summed E-state index contributed by atoms with van der Waals surface area (Å²) in [7, 11) is 0. The molecule has 4 rings (SSSR count). The van der Waals surface area contributed by atoms with E-state index in [1.165, 1.54) is 6.20 Å². The number of carbonyl (C=O) groups is 1. The van der Waals surface area contributed by atoms with Crippen LogP contribution in [-0.4, -0.2) is 57.3 Å². The molecule has 3 aromatic rings. The summed E-state index contributed by atoms with van der Waals surface area (Å²) in [6.45, 7) is 6.02. The summed E-state index contributed by atoms with van der Waals surface area (Å²) < 4.78 is 47.2. The van der Waals surface area contributed by atoms with E-state index in [9.17, 15) is 18.0 Å². The third kappa shape index (κ3) is 4.58. The lowest BCUT2D eigenvalue weighted by Gasteiger charge is -2.35. The minimum absolute atomic E-state index is 0.0746. The number of nitrogens with zero attached hydrogens (tertiary/aromatic N) is 6. The molecule has 0 bridgehead atoms. The van der Waals surface area contributed by atoms with E-state index in [0.29, 0.717) is 50.4 Å². The first kappa shape index (κ1) is 21.8. The Hall–Kier alpha value is -3.44. The van der Waals surface area contributed by atoms with Crippen LogP contribution in [0, 0.1) is 13.8 Å². The Balaban J connectivity index is 1.31. The minimum Gasteiger partial charge on any atom is -0.361 e. The van der Waals surface area contributed by atoms with Gasteiger partial charge in [0.15, 0.2) is 0 Å². The normalized spacial score (nSPS) is 14.8. The highest BCUT2D eigenvalue weighted by Crippen LogP contribution is 2.29. The first-order valence-corrected chi connectivity index (χ1v) is 10.0. The molecule has 1 saturated heterocycles. The molecule has 4 heterocycles. The maximum atomic E-state index is 12.6. The average molecular weight is 450 g/mol. The number of aryl methyl sites for hydroxylation is 2. The molecule has 0 N–H and O–H groups in total. The van der Waals surface area contributed by atoms with Gasteiger partial charge in [-0.05, 0) is 32.4 Å². The average Bonchev–Trinajstić information content (AvgIpc) is 3.40. The number of hydrogen-bond acceptors (Lipinski definition) is 8. The van der Waals surface area contributed by atoms with E-state index in [4.69, 9.17) is 4.52 Å². The summed E-state index contributed by atoms with van der Waals surface area (Å²) in [4.78, 5) is 24.1. The first-order valence-electron chi connectivity index (χ1n) is 10.0. The van der Waals surface area contributed by atoms with Crippen LogP contribution in [0.15, 0.2) is 27.4 Å². The van der Waals surface area contributed by atoms with Crippen LogP contribution in [-0.2, 0) is 17.4 Å². The van der Waals surface area contributed by atoms with Crippen molar-refractivity contribution in [2.24, 2.45) is 0 Å². The highest BCUT2D eigenvalue weighted by atomic mass is 19.4. The molecule has 12 heteroatoms. The van der Waals surface area contributed by atoms with Gasteiger partial charge < -0.3 is 18.8 Å². The number of aromatic nitrogens is 4. The molecule has 0 atom stereocenters. The first-order chi connectivity index (χ1) is 15.2. The summed E-state index contributed by atoms with van der Waals surface area (Å²) in [6.07, 6.45) is -2.31. The molecule has 170 valence electrons. The second-order valence-corrected chi connectivity index (χ2v) is 7.50. The zero-order chi connectivity index (χ0) is 22.9. The molecule has 0 aliphatic carbocycles. The third-order valence-electron chi connectivity index (χ3n) is 5.40. The molecule has 1 amide bonds. The van der Waals surface area contributed by atoms with Crippen LogP contribution < -0.4 is 4.90 Å². The van der Waals surface area contributed by atoms with Crippen LogP contribution in [0.1, 0.15) is 29.3 Å². The summed E-state index contributed by atoms with van der Waals surface area (Å²) in [5.74, 6) is -0.0939. The predicted octanol–water partition coefficient (Wildman–Crippen LogP) is 3.04. The third-order valence-corrected chi connectivity index (χ3v) is 5.40. The Morgan fingerprint density at radius 3 is 2.41 bits per heavy atom. The quantitative estimate of drug-likeness (QED) is 0.585. The van der Waals surface area contributed by atoms with Gasteiger partial charge in [0.1, 0.15) is 11.6 Å². The van der Waals surface area contributed by atoms with Gasteiger partial charge in [-0.25, -0.2) is 4.98 Å². The fourth-order valence-corrected chi connectivity index (χ4v) is 3.60. The topological polar surface area (TPSA) is 101 Å². The number of carbonyl (C=O) groups excluding carboxylic acids is 1. The molecule has 1 fully saturated rings. The van der Waals surface area contributed by atoms with Crippen LogP contribution in [0.25, 0.3) is 11.4 Å². The van der Waals surface area contributed by atoms with Crippen LogP contribution in [0.4, 0.5) is 19.0 Å². The van der Waals surface area contributed by atoms with Crippen LogP contribution in [0.2, 0.25) is 0 Å². The fourth-order valence-electron chi connectivity index (χ4n) is 3.60. The largest absolute Gasteiger partial charge is 0.471 e. The van der Waals surface area contributed by atoms with E-state index in [0.717, 1.165) is 17.0 Å². The molecule has 0 spiro atoms. The van der Waals surface area contributed by atoms with Gasteiger partial charge in [-0.1, -0.05) is 10.3 Å². The van der Waals surface area contributed by atoms with E-state index in [1.54, 1.807) is 12.1 Å². The number of piperazine rings is 1. The van der Waals surface area contributed by atoms with Gasteiger partial charge >= 0.3 is 12.1 Å². The number of pyridine rings is 1. The highest BCUT2D eigenvalue weighted by molar-refractivity contribution is 5.77. The molecule has 0 unspecified atom stereocenters. The van der Waals surface area contributed by atoms with Crippen molar-refractivity contribution in [3.63, 3.8) is 0 Å². The van der Waals surface area contributed by atoms with Crippen molar-refractivity contribution in [3.8, 4) is 11.4 Å². The van der Waals surface area contributed by atoms with Crippen LogP contribution in [0.5, 0.6) is 0 Å². The van der Waals surface area contributed by atoms with Crippen molar-refractivity contribution < 1.29 is 27.0 Å². The molecule has 1 aliphatic heterocycles. The number of amides is 1. The van der Waals surface area contributed by atoms with Crippen molar-refractivity contribution in [1.82, 2.24) is 25.2 Å². The van der Waals surface area contributed by atoms with E-state index < -0.39 is 12.1 Å². The zero-order valence-electron chi connectivity index (χ0n) is 17.5. The van der Waals surface area contributed by atoms with Gasteiger partial charge in [-0.3, -0.25) is 4.79 Å². The van der Waals surface area contributed by atoms with Crippen molar-refractivity contribution in [3.05, 3.63) is 41.2 Å². The lowest BCUT2D eigenvalue weighted by atomic mass is 10.1. The summed E-state index contributed by atoms with van der Waals surface area (Å²) in [5, 5.41) is 7.27. The molecule has 9 nitrogen and oxygen atoms in total. The van der Waals surface area contributed by atoms with Crippen molar-refractivity contribution in [2.45, 2.75) is 32.9 Å². The number of hydrogen-bond donors (Lipinski definition) is 0. The van der Waals surface area contributed by atoms with Gasteiger partial charge in [-0.15, -0.1) is 0 Å². The van der Waals surface area contributed by atoms with Gasteiger partial charge in [0.05, 0.1) is 5.69 Å². The second-order valence-electron chi connectivity index (χ2n) is 7.50. The molecule has 32 heavy (non-hydrogen) atoms. The second kappa shape index (κ2) is 8.60. The molecule has 1 aliphatic rings. The summed E-state index contributed by atoms with van der Waals surface area (Å²) >= 11 is 0. The standard InChI is InChI=1S/C20H21F3N6O3/c1-12-15(13(2)31-26-12)4-6-17(30)29-9-7-28(8-10-29)16-5-3-14(11-24-16)18-25-19(32-27-18)20(21,22)23/h3,5,11H,4,6-10H2,1-2H3.